The first-order valence-corrected chi connectivity index (χ1v) is 11.0. The number of phenolic OH excluding ortho intramolecular Hbond substituents is 2. The van der Waals surface area contributed by atoms with Crippen molar-refractivity contribution in [2.24, 2.45) is 5.41 Å². The second-order valence-corrected chi connectivity index (χ2v) is 11.5. The monoisotopic (exact) mass is 428 g/mol. The molecule has 0 amide bonds. The molecule has 4 nitrogen and oxygen atoms in total. The van der Waals surface area contributed by atoms with Crippen LogP contribution < -0.4 is 0 Å². The molecule has 0 aliphatic heterocycles. The molecular weight excluding hydrogens is 388 g/mol. The Labute approximate surface area is 187 Å². The minimum Gasteiger partial charge on any atom is -0.508 e. The summed E-state index contributed by atoms with van der Waals surface area (Å²) < 4.78 is 0. The molecule has 172 valence electrons. The molecular formula is C27H40O4. The van der Waals surface area contributed by atoms with Gasteiger partial charge >= 0.3 is 0 Å². The zero-order valence-corrected chi connectivity index (χ0v) is 20.6. The van der Waals surface area contributed by atoms with E-state index >= 15 is 0 Å². The molecule has 0 radical (unpaired) electrons. The number of aliphatic hydroxyl groups excluding tert-OH is 1. The van der Waals surface area contributed by atoms with E-state index in [1.165, 1.54) is 0 Å². The molecule has 0 atom stereocenters. The van der Waals surface area contributed by atoms with E-state index in [4.69, 9.17) is 0 Å². The van der Waals surface area contributed by atoms with Gasteiger partial charge in [0.2, 0.25) is 0 Å². The lowest BCUT2D eigenvalue weighted by Gasteiger charge is -2.34. The van der Waals surface area contributed by atoms with E-state index in [9.17, 15) is 20.4 Å². The Kier molecular flexibility index (Phi) is 6.90. The third-order valence-corrected chi connectivity index (χ3v) is 6.34. The lowest BCUT2D eigenvalue weighted by molar-refractivity contribution is -0.128. The molecule has 4 N–H and O–H groups in total. The maximum absolute atomic E-state index is 10.4. The smallest absolute Gasteiger partial charge is 0.157 e. The zero-order valence-electron chi connectivity index (χ0n) is 20.6. The van der Waals surface area contributed by atoms with Crippen LogP contribution in [0.15, 0.2) is 24.3 Å². The van der Waals surface area contributed by atoms with E-state index in [0.717, 1.165) is 33.4 Å². The fourth-order valence-corrected chi connectivity index (χ4v) is 4.17. The average molecular weight is 429 g/mol. The summed E-state index contributed by atoms with van der Waals surface area (Å²) >= 11 is 0. The van der Waals surface area contributed by atoms with Gasteiger partial charge in [0.05, 0.1) is 0 Å². The van der Waals surface area contributed by atoms with Crippen molar-refractivity contribution in [3.63, 3.8) is 0 Å². The summed E-state index contributed by atoms with van der Waals surface area (Å²) in [5.41, 5.74) is 4.24. The first-order chi connectivity index (χ1) is 14.0. The van der Waals surface area contributed by atoms with Crippen LogP contribution in [-0.4, -0.2) is 26.7 Å². The quantitative estimate of drug-likeness (QED) is 0.480. The SMILES string of the molecule is Cc1cc(O)c(C(C)(C)C)cc1CC(C)(Cc1cc(C(C)(C)C)c(O)cc1C)C(O)O. The van der Waals surface area contributed by atoms with Crippen LogP contribution in [-0.2, 0) is 23.7 Å². The summed E-state index contributed by atoms with van der Waals surface area (Å²) in [5, 5.41) is 41.7. The van der Waals surface area contributed by atoms with Gasteiger partial charge in [0.25, 0.3) is 0 Å². The molecule has 0 heterocycles. The number of hydrogen-bond acceptors (Lipinski definition) is 4. The highest BCUT2D eigenvalue weighted by molar-refractivity contribution is 5.47. The standard InChI is InChI=1S/C27H40O4/c1-16-10-22(28)20(25(3,4)5)12-18(16)14-27(9,24(30)31)15-19-13-21(26(6,7)8)23(29)11-17(19)2/h10-13,24,28-31H,14-15H2,1-9H3. The maximum atomic E-state index is 10.4. The van der Waals surface area contributed by atoms with Crippen molar-refractivity contribution in [2.45, 2.75) is 92.3 Å². The number of rotatable bonds is 5. The second-order valence-electron chi connectivity index (χ2n) is 11.5. The molecule has 2 aromatic carbocycles. The molecule has 31 heavy (non-hydrogen) atoms. The van der Waals surface area contributed by atoms with Gasteiger partial charge in [0, 0.05) is 5.41 Å². The van der Waals surface area contributed by atoms with Gasteiger partial charge in [-0.25, -0.2) is 0 Å². The number of benzene rings is 2. The van der Waals surface area contributed by atoms with Crippen LogP contribution >= 0.6 is 0 Å². The Hall–Kier alpha value is -2.04. The Morgan fingerprint density at radius 3 is 1.23 bits per heavy atom. The molecule has 0 spiro atoms. The van der Waals surface area contributed by atoms with Gasteiger partial charge in [0.1, 0.15) is 11.5 Å². The highest BCUT2D eigenvalue weighted by atomic mass is 16.5. The van der Waals surface area contributed by atoms with Gasteiger partial charge in [-0.2, -0.15) is 0 Å². The Balaban J connectivity index is 2.52. The third-order valence-electron chi connectivity index (χ3n) is 6.34. The Morgan fingerprint density at radius 1 is 0.645 bits per heavy atom. The van der Waals surface area contributed by atoms with E-state index in [0.29, 0.717) is 12.8 Å². The van der Waals surface area contributed by atoms with Crippen molar-refractivity contribution in [3.05, 3.63) is 57.6 Å². The Morgan fingerprint density at radius 2 is 0.968 bits per heavy atom. The van der Waals surface area contributed by atoms with Crippen molar-refractivity contribution < 1.29 is 20.4 Å². The number of phenols is 2. The summed E-state index contributed by atoms with van der Waals surface area (Å²) in [6, 6.07) is 7.53. The lowest BCUT2D eigenvalue weighted by Crippen LogP contribution is -2.37. The molecule has 4 heteroatoms. The van der Waals surface area contributed by atoms with Crippen LogP contribution in [0.5, 0.6) is 11.5 Å². The predicted molar refractivity (Wildman–Crippen MR) is 127 cm³/mol. The number of aryl methyl sites for hydroxylation is 2. The molecule has 0 aliphatic carbocycles. The third kappa shape index (κ3) is 5.61. The van der Waals surface area contributed by atoms with Crippen molar-refractivity contribution in [3.8, 4) is 11.5 Å². The van der Waals surface area contributed by atoms with Gasteiger partial charge in [-0.15, -0.1) is 0 Å². The number of aliphatic hydroxyl groups is 2. The topological polar surface area (TPSA) is 80.9 Å². The van der Waals surface area contributed by atoms with E-state index in [1.807, 2.05) is 32.9 Å². The second kappa shape index (κ2) is 8.48. The van der Waals surface area contributed by atoms with E-state index in [-0.39, 0.29) is 22.3 Å². The summed E-state index contributed by atoms with van der Waals surface area (Å²) in [5.74, 6) is 0.536. The van der Waals surface area contributed by atoms with Crippen LogP contribution in [0.4, 0.5) is 0 Å². The van der Waals surface area contributed by atoms with Crippen molar-refractivity contribution in [1.29, 1.82) is 0 Å². The molecule has 2 aromatic rings. The molecule has 0 unspecified atom stereocenters. The van der Waals surface area contributed by atoms with Gasteiger partial charge < -0.3 is 20.4 Å². The first-order valence-electron chi connectivity index (χ1n) is 11.0. The summed E-state index contributed by atoms with van der Waals surface area (Å²) in [6.07, 6.45) is -0.624. The average Bonchev–Trinajstić information content (AvgIpc) is 2.57. The number of hydrogen-bond donors (Lipinski definition) is 4. The largest absolute Gasteiger partial charge is 0.508 e. The molecule has 2 rings (SSSR count). The van der Waals surface area contributed by atoms with Crippen LogP contribution in [0.1, 0.15) is 81.8 Å². The van der Waals surface area contributed by atoms with Crippen molar-refractivity contribution in [2.75, 3.05) is 0 Å². The van der Waals surface area contributed by atoms with E-state index in [2.05, 4.69) is 41.5 Å². The molecule has 0 saturated carbocycles. The fraction of sp³-hybridized carbons (Fsp3) is 0.556. The summed E-state index contributed by atoms with van der Waals surface area (Å²) in [7, 11) is 0. The zero-order chi connectivity index (χ0) is 23.9. The van der Waals surface area contributed by atoms with Crippen LogP contribution in [0.25, 0.3) is 0 Å². The first kappa shape index (κ1) is 25.2. The fourth-order valence-electron chi connectivity index (χ4n) is 4.17. The van der Waals surface area contributed by atoms with Crippen LogP contribution in [0.2, 0.25) is 0 Å². The lowest BCUT2D eigenvalue weighted by atomic mass is 9.74. The molecule has 0 aromatic heterocycles. The minimum absolute atomic E-state index is 0.226. The van der Waals surface area contributed by atoms with Gasteiger partial charge in [-0.1, -0.05) is 60.6 Å². The van der Waals surface area contributed by atoms with Gasteiger partial charge in [-0.3, -0.25) is 0 Å². The van der Waals surface area contributed by atoms with Gasteiger partial charge in [0.15, 0.2) is 6.29 Å². The molecule has 0 aliphatic rings. The van der Waals surface area contributed by atoms with Crippen molar-refractivity contribution in [1.82, 2.24) is 0 Å². The highest BCUT2D eigenvalue weighted by Gasteiger charge is 2.35. The van der Waals surface area contributed by atoms with Crippen LogP contribution in [0.3, 0.4) is 0 Å². The van der Waals surface area contributed by atoms with Crippen molar-refractivity contribution >= 4 is 0 Å². The summed E-state index contributed by atoms with van der Waals surface area (Å²) in [6.45, 7) is 18.1. The Bertz CT molecular complexity index is 872. The predicted octanol–water partition coefficient (Wildman–Crippen LogP) is 5.41. The van der Waals surface area contributed by atoms with Crippen LogP contribution in [0, 0.1) is 19.3 Å². The maximum Gasteiger partial charge on any atom is 0.157 e. The molecule has 0 bridgehead atoms. The minimum atomic E-state index is -1.52. The number of aromatic hydroxyl groups is 2. The highest BCUT2D eigenvalue weighted by Crippen LogP contribution is 2.39. The molecule has 0 saturated heterocycles. The normalized spacial score (nSPS) is 13.2. The summed E-state index contributed by atoms with van der Waals surface area (Å²) in [4.78, 5) is 0. The molecule has 0 fully saturated rings. The van der Waals surface area contributed by atoms with E-state index < -0.39 is 11.7 Å². The van der Waals surface area contributed by atoms with Gasteiger partial charge in [-0.05, 0) is 83.0 Å². The van der Waals surface area contributed by atoms with E-state index in [1.54, 1.807) is 12.1 Å².